The zero-order chi connectivity index (χ0) is 95.9. The Morgan fingerprint density at radius 1 is 0.496 bits per heavy atom. The molecule has 13 rings (SSSR count). The average molecular weight is 1880 g/mol. The maximum Gasteiger partial charge on any atom is 0.333 e. The zero-order valence-electron chi connectivity index (χ0n) is 75.7. The predicted octanol–water partition coefficient (Wildman–Crippen LogP) is -4.97. The lowest BCUT2D eigenvalue weighted by atomic mass is 9.32. The lowest BCUT2D eigenvalue weighted by Crippen LogP contribution is -2.73. The smallest absolute Gasteiger partial charge is 0.333 e. The van der Waals surface area contributed by atoms with Gasteiger partial charge in [-0.1, -0.05) is 79.2 Å². The molecule has 46 atom stereocenters. The first-order valence-corrected chi connectivity index (χ1v) is 45.3. The van der Waals surface area contributed by atoms with Crippen molar-refractivity contribution < 1.29 is 211 Å². The van der Waals surface area contributed by atoms with Crippen molar-refractivity contribution in [2.45, 2.75) is 380 Å². The largest absolute Gasteiger partial charge is 0.463 e. The molecule has 131 heavy (non-hydrogen) atoms. The Morgan fingerprint density at radius 3 is 1.73 bits per heavy atom. The van der Waals surface area contributed by atoms with E-state index in [0.717, 1.165) is 13.8 Å². The van der Waals surface area contributed by atoms with Gasteiger partial charge in [0.25, 0.3) is 0 Å². The number of aliphatic hydroxyl groups is 20. The number of rotatable bonds is 27. The molecule has 4 saturated carbocycles. The first-order chi connectivity index (χ1) is 61.4. The molecule has 8 heterocycles. The van der Waals surface area contributed by atoms with E-state index in [9.17, 15) is 117 Å². The van der Waals surface area contributed by atoms with Gasteiger partial charge in [0.1, 0.15) is 146 Å². The van der Waals surface area contributed by atoms with E-state index < -0.39 is 347 Å². The van der Waals surface area contributed by atoms with E-state index in [-0.39, 0.29) is 62.5 Å². The summed E-state index contributed by atoms with van der Waals surface area (Å²) in [6, 6.07) is 0. The molecule has 46 unspecified atom stereocenters. The van der Waals surface area contributed by atoms with Crippen LogP contribution in [0.15, 0.2) is 36.0 Å². The number of hydrogen-bond donors (Lipinski definition) is 20. The highest BCUT2D eigenvalue weighted by atomic mass is 16.8. The van der Waals surface area contributed by atoms with Crippen molar-refractivity contribution in [3.63, 3.8) is 0 Å². The molecule has 0 amide bonds. The normalized spacial score (nSPS) is 49.3. The summed E-state index contributed by atoms with van der Waals surface area (Å²) in [5, 5.41) is 230. The minimum absolute atomic E-state index is 0.0483. The van der Waals surface area contributed by atoms with Crippen molar-refractivity contribution in [2.75, 3.05) is 52.9 Å². The van der Waals surface area contributed by atoms with E-state index in [0.29, 0.717) is 31.3 Å². The number of carbonyl (C=O) groups is 4. The maximum absolute atomic E-state index is 16.3. The summed E-state index contributed by atoms with van der Waals surface area (Å²) >= 11 is 0. The molecule has 0 aromatic carbocycles. The van der Waals surface area contributed by atoms with Gasteiger partial charge in [-0.05, 0) is 117 Å². The van der Waals surface area contributed by atoms with Crippen LogP contribution in [0.2, 0.25) is 0 Å². The maximum atomic E-state index is 16.3. The fraction of sp³-hybridized carbons (Fsp3) is 0.886. The van der Waals surface area contributed by atoms with E-state index in [1.165, 1.54) is 26.0 Å². The van der Waals surface area contributed by atoms with Gasteiger partial charge in [-0.3, -0.25) is 14.4 Å². The Morgan fingerprint density at radius 2 is 1.06 bits per heavy atom. The van der Waals surface area contributed by atoms with Crippen molar-refractivity contribution in [3.8, 4) is 0 Å². The number of fused-ring (bicyclic) bond motifs is 7. The van der Waals surface area contributed by atoms with Crippen molar-refractivity contribution in [2.24, 2.45) is 56.2 Å². The number of esters is 4. The zero-order valence-corrected chi connectivity index (χ0v) is 75.7. The Balaban J connectivity index is 0.757. The van der Waals surface area contributed by atoms with Gasteiger partial charge in [0, 0.05) is 30.8 Å². The summed E-state index contributed by atoms with van der Waals surface area (Å²) in [4.78, 5) is 54.7. The van der Waals surface area contributed by atoms with Crippen molar-refractivity contribution >= 4 is 23.9 Å². The third-order valence-corrected chi connectivity index (χ3v) is 31.1. The minimum atomic E-state index is -2.16. The second-order valence-corrected chi connectivity index (χ2v) is 40.4. The highest BCUT2D eigenvalue weighted by Crippen LogP contribution is 2.76. The lowest BCUT2D eigenvalue weighted by Gasteiger charge is -2.72. The molecule has 12 fully saturated rings. The van der Waals surface area contributed by atoms with Crippen LogP contribution in [-0.2, 0) is 109 Å². The first kappa shape index (κ1) is 104. The van der Waals surface area contributed by atoms with Gasteiger partial charge in [-0.2, -0.15) is 0 Å². The Kier molecular flexibility index (Phi) is 32.5. The molecule has 0 aromatic heterocycles. The molecule has 13 aliphatic rings. The lowest BCUT2D eigenvalue weighted by molar-refractivity contribution is -0.379. The summed E-state index contributed by atoms with van der Waals surface area (Å²) in [7, 11) is 0. The average Bonchev–Trinajstić information content (AvgIpc) is 0.662. The fourth-order valence-corrected chi connectivity index (χ4v) is 22.8. The molecule has 748 valence electrons. The molecule has 43 nitrogen and oxygen atoms in total. The van der Waals surface area contributed by atoms with Gasteiger partial charge in [0.2, 0.25) is 6.29 Å². The number of allylic oxidation sites excluding steroid dienone is 2. The third kappa shape index (κ3) is 20.2. The van der Waals surface area contributed by atoms with Crippen LogP contribution in [0.1, 0.15) is 147 Å². The molecule has 0 aromatic rings. The van der Waals surface area contributed by atoms with Crippen molar-refractivity contribution in [3.05, 3.63) is 36.0 Å². The van der Waals surface area contributed by atoms with Crippen LogP contribution in [0.25, 0.3) is 0 Å². The third-order valence-electron chi connectivity index (χ3n) is 31.1. The summed E-state index contributed by atoms with van der Waals surface area (Å²) in [5.74, 6) is -6.03. The van der Waals surface area contributed by atoms with Crippen LogP contribution in [0.5, 0.6) is 0 Å². The molecular formula is C88H138O43. The van der Waals surface area contributed by atoms with Crippen LogP contribution in [0.4, 0.5) is 0 Å². The summed E-state index contributed by atoms with van der Waals surface area (Å²) in [5.41, 5.74) is -7.04. The molecule has 0 bridgehead atoms. The van der Waals surface area contributed by atoms with E-state index in [1.807, 2.05) is 34.6 Å². The summed E-state index contributed by atoms with van der Waals surface area (Å²) < 4.78 is 114. The van der Waals surface area contributed by atoms with Crippen LogP contribution >= 0.6 is 0 Å². The van der Waals surface area contributed by atoms with E-state index in [4.69, 9.17) is 90.0 Å². The van der Waals surface area contributed by atoms with Gasteiger partial charge < -0.3 is 192 Å². The molecule has 43 heteroatoms. The summed E-state index contributed by atoms with van der Waals surface area (Å²) in [6.07, 6.45) is -57.3. The highest BCUT2D eigenvalue weighted by molar-refractivity contribution is 5.88. The topological polar surface area (TPSA) is 648 Å². The molecule has 20 N–H and O–H groups in total. The number of carbonyl (C=O) groups excluding carboxylic acids is 4. The first-order valence-electron chi connectivity index (χ1n) is 45.3. The Labute approximate surface area is 757 Å². The highest BCUT2D eigenvalue weighted by Gasteiger charge is 2.76. The number of hydrogen-bond acceptors (Lipinski definition) is 43. The van der Waals surface area contributed by atoms with Gasteiger partial charge in [0.05, 0.1) is 76.3 Å². The number of ether oxygens (including phenoxy) is 19. The van der Waals surface area contributed by atoms with Gasteiger partial charge in [-0.25, -0.2) is 4.79 Å². The van der Waals surface area contributed by atoms with Crippen molar-refractivity contribution in [1.82, 2.24) is 0 Å². The molecule has 0 radical (unpaired) electrons. The van der Waals surface area contributed by atoms with Crippen LogP contribution in [-0.4, -0.2) is 412 Å². The van der Waals surface area contributed by atoms with E-state index >= 15 is 4.79 Å². The van der Waals surface area contributed by atoms with Crippen LogP contribution in [0.3, 0.4) is 0 Å². The quantitative estimate of drug-likeness (QED) is 0.0120. The SMILES string of the molecule is C=CC(C)(O)CC/C=C(\C)C(=O)OC1C(O)C(CO)OC(OC(=O)C23CCC(C)(C)CC2C2=CCC4C5(C)CCC(OC6OC(COC7OCC(OC(C)=O)C(O)C7OC7OC(COC(C)=O)C(O)C(O)C7O)C(O)C(O)C6OC6OCC(O)C(O)C6O)C(C)(C)C5CCC4(C)C2(C)C(O)C3O)C1OC1OCC(OC2OCC(O)C(OC3OCC(O)C(C)C3O)C2O)C(O)C1O. The fourth-order valence-electron chi connectivity index (χ4n) is 22.8. The van der Waals surface area contributed by atoms with Crippen molar-refractivity contribution in [1.29, 1.82) is 0 Å². The standard InChI is InChI=1S/C88H138O43/c1-14-84(10,112)21-15-16-35(2)72(110)126-66-57(100)44(27-89)121-80(69(66)130-75-62(105)56(99)47(32-117-75)122-76-64(107)65(43(94)30-116-76)127-73-52(95)36(3)41(92)28-114-73)131-81(111)88-25-24-82(6,7)26-40(88)39-17-18-50-85(11)22-20-51(83(8,9)49(85)19-23-86(50,12)87(39,13)70(108)71(88)109)125-79-68(128-74-61(104)53(96)42(93)29-115-74)60(103)55(98)46(124-79)33-118-78-67(58(101)48(34-119-78)120-38(5)91)129-77-63(106)59(102)54(97)45(123-77)31-113-37(4)90/h14,16-17,36,40-71,73-80,89,92-109,112H,1,15,18-34H2,2-13H3/b35-16+. The second-order valence-electron chi connectivity index (χ2n) is 40.4. The molecule has 5 aliphatic carbocycles. The number of aliphatic hydroxyl groups excluding tert-OH is 19. The molecule has 0 spiro atoms. The summed E-state index contributed by atoms with van der Waals surface area (Å²) in [6.45, 7) is 19.6. The van der Waals surface area contributed by atoms with E-state index in [2.05, 4.69) is 26.5 Å². The van der Waals surface area contributed by atoms with Gasteiger partial charge in [0.15, 0.2) is 62.3 Å². The minimum Gasteiger partial charge on any atom is -0.463 e. The van der Waals surface area contributed by atoms with E-state index in [1.54, 1.807) is 6.92 Å². The Hall–Kier alpha value is -4.30. The monoisotopic (exact) mass is 1880 g/mol. The van der Waals surface area contributed by atoms with Crippen LogP contribution in [0, 0.1) is 56.2 Å². The Bertz CT molecular complexity index is 3970. The molecule has 8 aliphatic heterocycles. The second kappa shape index (κ2) is 40.9. The molecule has 8 saturated heterocycles. The van der Waals surface area contributed by atoms with Gasteiger partial charge in [-0.15, -0.1) is 6.58 Å². The van der Waals surface area contributed by atoms with Gasteiger partial charge >= 0.3 is 23.9 Å². The predicted molar refractivity (Wildman–Crippen MR) is 436 cm³/mol. The van der Waals surface area contributed by atoms with Crippen LogP contribution < -0.4 is 0 Å². The molecular weight excluding hydrogens is 1740 g/mol.